The van der Waals surface area contributed by atoms with Gasteiger partial charge in [0.15, 0.2) is 0 Å². The minimum absolute atomic E-state index is 0.300. The topological polar surface area (TPSA) is 72.2 Å². The molecule has 2 aromatic heterocycles. The fourth-order valence-corrected chi connectivity index (χ4v) is 3.88. The second-order valence-electron chi connectivity index (χ2n) is 5.43. The Kier molecular flexibility index (Phi) is 3.77. The molecule has 1 aromatic carbocycles. The molecule has 0 aliphatic heterocycles. The lowest BCUT2D eigenvalue weighted by atomic mass is 10.0. The van der Waals surface area contributed by atoms with E-state index in [-0.39, 0.29) is 5.56 Å². The van der Waals surface area contributed by atoms with E-state index >= 15 is 0 Å². The zero-order valence-electron chi connectivity index (χ0n) is 13.0. The largest absolute Gasteiger partial charge is 0.480 e. The van der Waals surface area contributed by atoms with E-state index < -0.39 is 12.0 Å². The van der Waals surface area contributed by atoms with Crippen LogP contribution in [0.25, 0.3) is 21.3 Å². The molecule has 0 saturated carbocycles. The fraction of sp³-hybridized carbons (Fsp3) is 0.235. The van der Waals surface area contributed by atoms with Crippen molar-refractivity contribution in [1.29, 1.82) is 0 Å². The number of fused-ring (bicyclic) bond motifs is 1. The zero-order valence-corrected chi connectivity index (χ0v) is 13.8. The van der Waals surface area contributed by atoms with Crippen molar-refractivity contribution in [2.24, 2.45) is 0 Å². The molecule has 6 heteroatoms. The van der Waals surface area contributed by atoms with Gasteiger partial charge in [0.25, 0.3) is 5.56 Å². The summed E-state index contributed by atoms with van der Waals surface area (Å²) < 4.78 is 1.25. The van der Waals surface area contributed by atoms with Gasteiger partial charge in [-0.25, -0.2) is 9.78 Å². The summed E-state index contributed by atoms with van der Waals surface area (Å²) in [5.74, 6) is -0.636. The van der Waals surface area contributed by atoms with Crippen molar-refractivity contribution in [3.63, 3.8) is 0 Å². The van der Waals surface area contributed by atoms with Crippen LogP contribution in [0.5, 0.6) is 0 Å². The third-order valence-electron chi connectivity index (χ3n) is 3.92. The van der Waals surface area contributed by atoms with Crippen molar-refractivity contribution in [1.82, 2.24) is 9.55 Å². The van der Waals surface area contributed by atoms with Crippen molar-refractivity contribution in [3.05, 3.63) is 51.4 Å². The van der Waals surface area contributed by atoms with E-state index in [9.17, 15) is 14.7 Å². The summed E-state index contributed by atoms with van der Waals surface area (Å²) in [5, 5.41) is 9.76. The molecule has 0 radical (unpaired) electrons. The van der Waals surface area contributed by atoms with Gasteiger partial charge in [-0.1, -0.05) is 30.3 Å². The molecule has 1 unspecified atom stereocenters. The maximum absolute atomic E-state index is 13.0. The predicted molar refractivity (Wildman–Crippen MR) is 91.1 cm³/mol. The first kappa shape index (κ1) is 15.4. The van der Waals surface area contributed by atoms with Crippen LogP contribution >= 0.6 is 11.3 Å². The van der Waals surface area contributed by atoms with Crippen LogP contribution in [-0.4, -0.2) is 20.6 Å². The second-order valence-corrected chi connectivity index (χ2v) is 6.63. The van der Waals surface area contributed by atoms with Crippen LogP contribution in [0.15, 0.2) is 35.1 Å². The van der Waals surface area contributed by atoms with E-state index in [0.717, 1.165) is 16.0 Å². The number of aromatic nitrogens is 2. The first-order chi connectivity index (χ1) is 10.9. The number of nitrogens with zero attached hydrogens (tertiary/aromatic N) is 2. The van der Waals surface area contributed by atoms with Crippen molar-refractivity contribution in [3.8, 4) is 11.1 Å². The van der Waals surface area contributed by atoms with Gasteiger partial charge in [-0.3, -0.25) is 9.36 Å². The van der Waals surface area contributed by atoms with Crippen LogP contribution < -0.4 is 5.56 Å². The maximum atomic E-state index is 13.0. The van der Waals surface area contributed by atoms with Gasteiger partial charge in [0.05, 0.1) is 5.39 Å². The molecule has 3 rings (SSSR count). The standard InChI is InChI=1S/C17H16N2O3S/c1-9(17(21)22)19-11(3)18-15-14(16(19)20)13(10(2)23-15)12-7-5-4-6-8-12/h4-9H,1-3H3,(H,21,22). The Bertz CT molecular complexity index is 957. The van der Waals surface area contributed by atoms with Crippen molar-refractivity contribution >= 4 is 27.5 Å². The van der Waals surface area contributed by atoms with Crippen LogP contribution in [0.3, 0.4) is 0 Å². The van der Waals surface area contributed by atoms with E-state index in [1.807, 2.05) is 37.3 Å². The lowest BCUT2D eigenvalue weighted by Gasteiger charge is -2.14. The fourth-order valence-electron chi connectivity index (χ4n) is 2.79. The molecule has 0 spiro atoms. The number of carboxylic acids is 1. The van der Waals surface area contributed by atoms with E-state index in [1.54, 1.807) is 6.92 Å². The highest BCUT2D eigenvalue weighted by molar-refractivity contribution is 7.19. The van der Waals surface area contributed by atoms with Gasteiger partial charge in [0.2, 0.25) is 0 Å². The maximum Gasteiger partial charge on any atom is 0.326 e. The van der Waals surface area contributed by atoms with Gasteiger partial charge >= 0.3 is 5.97 Å². The smallest absolute Gasteiger partial charge is 0.326 e. The SMILES string of the molecule is Cc1sc2nc(C)n(C(C)C(=O)O)c(=O)c2c1-c1ccccc1. The number of rotatable bonds is 3. The Morgan fingerprint density at radius 1 is 1.26 bits per heavy atom. The van der Waals surface area contributed by atoms with Gasteiger partial charge in [-0.15, -0.1) is 11.3 Å². The zero-order chi connectivity index (χ0) is 16.7. The van der Waals surface area contributed by atoms with Crippen LogP contribution in [-0.2, 0) is 4.79 Å². The summed E-state index contributed by atoms with van der Waals surface area (Å²) in [6.45, 7) is 5.11. The molecule has 0 bridgehead atoms. The van der Waals surface area contributed by atoms with Gasteiger partial charge in [0.1, 0.15) is 16.7 Å². The van der Waals surface area contributed by atoms with Gasteiger partial charge in [-0.05, 0) is 26.3 Å². The molecule has 1 atom stereocenters. The average molecular weight is 328 g/mol. The third kappa shape index (κ3) is 2.45. The van der Waals surface area contributed by atoms with Crippen LogP contribution in [0.4, 0.5) is 0 Å². The Labute approximate surface area is 136 Å². The van der Waals surface area contributed by atoms with E-state index in [1.165, 1.54) is 22.8 Å². The number of aliphatic carboxylic acids is 1. The molecule has 0 fully saturated rings. The first-order valence-electron chi connectivity index (χ1n) is 7.22. The van der Waals surface area contributed by atoms with E-state index in [0.29, 0.717) is 16.0 Å². The van der Waals surface area contributed by atoms with E-state index in [4.69, 9.17) is 0 Å². The van der Waals surface area contributed by atoms with Gasteiger partial charge < -0.3 is 5.11 Å². The first-order valence-corrected chi connectivity index (χ1v) is 8.04. The molecule has 1 N–H and O–H groups in total. The number of carboxylic acid groups (broad SMARTS) is 1. The Morgan fingerprint density at radius 2 is 1.91 bits per heavy atom. The van der Waals surface area contributed by atoms with Crippen LogP contribution in [0.1, 0.15) is 23.7 Å². The van der Waals surface area contributed by atoms with Crippen molar-refractivity contribution in [2.45, 2.75) is 26.8 Å². The molecule has 0 saturated heterocycles. The second kappa shape index (κ2) is 5.62. The molecular formula is C17H16N2O3S. The normalized spacial score (nSPS) is 12.5. The number of hydrogen-bond donors (Lipinski definition) is 1. The number of aryl methyl sites for hydroxylation is 2. The molecule has 0 amide bonds. The third-order valence-corrected chi connectivity index (χ3v) is 4.92. The minimum atomic E-state index is -1.05. The molecule has 5 nitrogen and oxygen atoms in total. The minimum Gasteiger partial charge on any atom is -0.480 e. The summed E-state index contributed by atoms with van der Waals surface area (Å²) in [4.78, 5) is 30.4. The summed E-state index contributed by atoms with van der Waals surface area (Å²) in [6.07, 6.45) is 0. The molecule has 118 valence electrons. The molecular weight excluding hydrogens is 312 g/mol. The summed E-state index contributed by atoms with van der Waals surface area (Å²) >= 11 is 1.46. The Hall–Kier alpha value is -2.47. The lowest BCUT2D eigenvalue weighted by molar-refractivity contribution is -0.140. The van der Waals surface area contributed by atoms with Crippen LogP contribution in [0, 0.1) is 13.8 Å². The van der Waals surface area contributed by atoms with Gasteiger partial charge in [0, 0.05) is 10.4 Å². The average Bonchev–Trinajstić information content (AvgIpc) is 2.84. The predicted octanol–water partition coefficient (Wildman–Crippen LogP) is 3.39. The molecule has 23 heavy (non-hydrogen) atoms. The Balaban J connectivity index is 2.40. The Morgan fingerprint density at radius 3 is 2.52 bits per heavy atom. The summed E-state index contributed by atoms with van der Waals surface area (Å²) in [5.41, 5.74) is 1.48. The monoisotopic (exact) mass is 328 g/mol. The molecule has 3 aromatic rings. The highest BCUT2D eigenvalue weighted by atomic mass is 32.1. The molecule has 0 aliphatic carbocycles. The van der Waals surface area contributed by atoms with Gasteiger partial charge in [-0.2, -0.15) is 0 Å². The molecule has 2 heterocycles. The number of carbonyl (C=O) groups is 1. The molecule has 0 aliphatic rings. The highest BCUT2D eigenvalue weighted by Crippen LogP contribution is 2.35. The summed E-state index contributed by atoms with van der Waals surface area (Å²) in [7, 11) is 0. The van der Waals surface area contributed by atoms with Crippen molar-refractivity contribution in [2.75, 3.05) is 0 Å². The van der Waals surface area contributed by atoms with Crippen LogP contribution in [0.2, 0.25) is 0 Å². The quantitative estimate of drug-likeness (QED) is 0.800. The summed E-state index contributed by atoms with van der Waals surface area (Å²) in [6, 6.07) is 8.68. The number of thiophene rings is 1. The highest BCUT2D eigenvalue weighted by Gasteiger charge is 2.23. The number of hydrogen-bond acceptors (Lipinski definition) is 4. The van der Waals surface area contributed by atoms with Crippen molar-refractivity contribution < 1.29 is 9.90 Å². The number of benzene rings is 1. The van der Waals surface area contributed by atoms with E-state index in [2.05, 4.69) is 4.98 Å². The lowest BCUT2D eigenvalue weighted by Crippen LogP contribution is -2.30.